The highest BCUT2D eigenvalue weighted by molar-refractivity contribution is 5.87. The van der Waals surface area contributed by atoms with E-state index in [4.69, 9.17) is 4.74 Å². The monoisotopic (exact) mass is 412 g/mol. The molecule has 6 heteroatoms. The zero-order valence-corrected chi connectivity index (χ0v) is 17.9. The van der Waals surface area contributed by atoms with Gasteiger partial charge in [-0.15, -0.1) is 0 Å². The molecule has 2 aromatic carbocycles. The van der Waals surface area contributed by atoms with Crippen LogP contribution in [0, 0.1) is 5.82 Å². The van der Waals surface area contributed by atoms with Gasteiger partial charge in [-0.3, -0.25) is 9.59 Å². The van der Waals surface area contributed by atoms with Crippen molar-refractivity contribution in [1.29, 1.82) is 0 Å². The number of amides is 2. The van der Waals surface area contributed by atoms with Crippen LogP contribution in [0.1, 0.15) is 25.3 Å². The molecular formula is C24H29FN2O3. The van der Waals surface area contributed by atoms with Gasteiger partial charge in [-0.25, -0.2) is 4.39 Å². The van der Waals surface area contributed by atoms with Crippen LogP contribution < -0.4 is 0 Å². The summed E-state index contributed by atoms with van der Waals surface area (Å²) in [6.45, 7) is 2.99. The van der Waals surface area contributed by atoms with E-state index in [2.05, 4.69) is 0 Å². The third-order valence-electron chi connectivity index (χ3n) is 5.45. The van der Waals surface area contributed by atoms with Gasteiger partial charge in [0, 0.05) is 33.5 Å². The molecule has 2 aromatic rings. The molecule has 0 N–H and O–H groups in total. The van der Waals surface area contributed by atoms with Crippen molar-refractivity contribution >= 4 is 11.8 Å². The van der Waals surface area contributed by atoms with E-state index in [9.17, 15) is 14.0 Å². The lowest BCUT2D eigenvalue weighted by molar-refractivity contribution is -0.172. The van der Waals surface area contributed by atoms with E-state index in [0.29, 0.717) is 26.0 Å². The van der Waals surface area contributed by atoms with Crippen LogP contribution in [-0.2, 0) is 20.7 Å². The van der Waals surface area contributed by atoms with E-state index in [-0.39, 0.29) is 24.2 Å². The second-order valence-corrected chi connectivity index (χ2v) is 7.95. The van der Waals surface area contributed by atoms with E-state index in [0.717, 1.165) is 23.1 Å². The summed E-state index contributed by atoms with van der Waals surface area (Å²) in [7, 11) is 3.40. The number of ether oxygens (including phenoxy) is 1. The molecule has 0 unspecified atom stereocenters. The number of carbonyl (C=O) groups is 2. The summed E-state index contributed by atoms with van der Waals surface area (Å²) in [6, 6.07) is 14.1. The Balaban J connectivity index is 1.98. The van der Waals surface area contributed by atoms with Crippen molar-refractivity contribution in [2.45, 2.75) is 31.8 Å². The van der Waals surface area contributed by atoms with Crippen LogP contribution in [-0.4, -0.2) is 61.0 Å². The molecule has 30 heavy (non-hydrogen) atoms. The summed E-state index contributed by atoms with van der Waals surface area (Å²) in [5.41, 5.74) is 1.56. The van der Waals surface area contributed by atoms with Crippen LogP contribution in [0.4, 0.5) is 4.39 Å². The maximum atomic E-state index is 13.4. The third kappa shape index (κ3) is 4.70. The van der Waals surface area contributed by atoms with Gasteiger partial charge in [-0.2, -0.15) is 0 Å². The van der Waals surface area contributed by atoms with Gasteiger partial charge in [-0.1, -0.05) is 43.3 Å². The molecule has 0 aromatic heterocycles. The first-order chi connectivity index (χ1) is 14.4. The SMILES string of the molecule is CCCC(=O)N1CCO[C@@](Cc2ccccc2-c2ccc(F)cc2)(C(=O)N(C)C)C1. The first-order valence-corrected chi connectivity index (χ1v) is 10.3. The molecule has 1 atom stereocenters. The van der Waals surface area contributed by atoms with Crippen molar-refractivity contribution in [2.75, 3.05) is 33.8 Å². The van der Waals surface area contributed by atoms with Gasteiger partial charge >= 0.3 is 0 Å². The fourth-order valence-electron chi connectivity index (χ4n) is 3.98. The Kier molecular flexibility index (Phi) is 6.87. The lowest BCUT2D eigenvalue weighted by atomic mass is 9.87. The van der Waals surface area contributed by atoms with Gasteiger partial charge in [-0.05, 0) is 35.2 Å². The number of halogens is 1. The van der Waals surface area contributed by atoms with Crippen molar-refractivity contribution in [2.24, 2.45) is 0 Å². The lowest BCUT2D eigenvalue weighted by Crippen LogP contribution is -2.61. The van der Waals surface area contributed by atoms with Gasteiger partial charge in [0.05, 0.1) is 13.2 Å². The number of rotatable bonds is 6. The Morgan fingerprint density at radius 1 is 1.13 bits per heavy atom. The lowest BCUT2D eigenvalue weighted by Gasteiger charge is -2.43. The summed E-state index contributed by atoms with van der Waals surface area (Å²) < 4.78 is 19.5. The van der Waals surface area contributed by atoms with Crippen molar-refractivity contribution in [3.05, 3.63) is 59.9 Å². The summed E-state index contributed by atoms with van der Waals surface area (Å²) in [5, 5.41) is 0. The van der Waals surface area contributed by atoms with Gasteiger partial charge in [0.1, 0.15) is 5.82 Å². The zero-order valence-electron chi connectivity index (χ0n) is 17.9. The van der Waals surface area contributed by atoms with E-state index < -0.39 is 5.60 Å². The third-order valence-corrected chi connectivity index (χ3v) is 5.45. The molecule has 1 aliphatic rings. The number of likely N-dealkylation sites (N-methyl/N-ethyl adjacent to an activating group) is 1. The number of carbonyl (C=O) groups excluding carboxylic acids is 2. The molecule has 5 nitrogen and oxygen atoms in total. The Hall–Kier alpha value is -2.73. The Morgan fingerprint density at radius 3 is 2.50 bits per heavy atom. The minimum Gasteiger partial charge on any atom is -0.361 e. The molecule has 1 fully saturated rings. The molecule has 1 saturated heterocycles. The molecule has 1 heterocycles. The molecule has 2 amide bonds. The minimum absolute atomic E-state index is 0.0450. The maximum absolute atomic E-state index is 13.4. The smallest absolute Gasteiger partial charge is 0.256 e. The summed E-state index contributed by atoms with van der Waals surface area (Å²) in [5.74, 6) is -0.412. The van der Waals surface area contributed by atoms with Crippen LogP contribution in [0.25, 0.3) is 11.1 Å². The molecule has 160 valence electrons. The average Bonchev–Trinajstić information content (AvgIpc) is 2.74. The second kappa shape index (κ2) is 9.39. The van der Waals surface area contributed by atoms with Crippen molar-refractivity contribution in [3.63, 3.8) is 0 Å². The van der Waals surface area contributed by atoms with Crippen LogP contribution in [0.15, 0.2) is 48.5 Å². The van der Waals surface area contributed by atoms with Crippen LogP contribution in [0.5, 0.6) is 0 Å². The molecule has 1 aliphatic heterocycles. The number of hydrogen-bond donors (Lipinski definition) is 0. The molecular weight excluding hydrogens is 383 g/mol. The van der Waals surface area contributed by atoms with Gasteiger partial charge in [0.25, 0.3) is 5.91 Å². The largest absolute Gasteiger partial charge is 0.361 e. The number of benzene rings is 2. The quantitative estimate of drug-likeness (QED) is 0.730. The normalized spacial score (nSPS) is 18.9. The molecule has 0 aliphatic carbocycles. The fraction of sp³-hybridized carbons (Fsp3) is 0.417. The summed E-state index contributed by atoms with van der Waals surface area (Å²) >= 11 is 0. The highest BCUT2D eigenvalue weighted by Gasteiger charge is 2.46. The van der Waals surface area contributed by atoms with E-state index in [1.54, 1.807) is 31.1 Å². The van der Waals surface area contributed by atoms with Gasteiger partial charge < -0.3 is 14.5 Å². The first kappa shape index (κ1) is 22.0. The predicted octanol–water partition coefficient (Wildman–Crippen LogP) is 3.52. The van der Waals surface area contributed by atoms with Gasteiger partial charge in [0.15, 0.2) is 5.60 Å². The van der Waals surface area contributed by atoms with Crippen molar-refractivity contribution in [1.82, 2.24) is 9.80 Å². The molecule has 3 rings (SSSR count). The van der Waals surface area contributed by atoms with Crippen LogP contribution >= 0.6 is 0 Å². The number of hydrogen-bond acceptors (Lipinski definition) is 3. The van der Waals surface area contributed by atoms with E-state index in [1.165, 1.54) is 17.0 Å². The maximum Gasteiger partial charge on any atom is 0.256 e. The fourth-order valence-corrected chi connectivity index (χ4v) is 3.98. The van der Waals surface area contributed by atoms with E-state index in [1.807, 2.05) is 31.2 Å². The molecule has 0 bridgehead atoms. The van der Waals surface area contributed by atoms with Gasteiger partial charge in [0.2, 0.25) is 5.91 Å². The topological polar surface area (TPSA) is 49.9 Å². The predicted molar refractivity (Wildman–Crippen MR) is 114 cm³/mol. The number of nitrogens with zero attached hydrogens (tertiary/aromatic N) is 2. The summed E-state index contributed by atoms with van der Waals surface area (Å²) in [4.78, 5) is 29.1. The van der Waals surface area contributed by atoms with Crippen molar-refractivity contribution in [3.8, 4) is 11.1 Å². The Bertz CT molecular complexity index is 898. The number of morpholine rings is 1. The average molecular weight is 413 g/mol. The first-order valence-electron chi connectivity index (χ1n) is 10.3. The van der Waals surface area contributed by atoms with Crippen LogP contribution in [0.2, 0.25) is 0 Å². The zero-order chi connectivity index (χ0) is 21.7. The highest BCUT2D eigenvalue weighted by Crippen LogP contribution is 2.31. The second-order valence-electron chi connectivity index (χ2n) is 7.95. The molecule has 0 spiro atoms. The van der Waals surface area contributed by atoms with Crippen molar-refractivity contribution < 1.29 is 18.7 Å². The minimum atomic E-state index is -1.15. The van der Waals surface area contributed by atoms with E-state index >= 15 is 0 Å². The van der Waals surface area contributed by atoms with Crippen LogP contribution in [0.3, 0.4) is 0 Å². The highest BCUT2D eigenvalue weighted by atomic mass is 19.1. The Labute approximate surface area is 177 Å². The molecule has 0 radical (unpaired) electrons. The standard InChI is InChI=1S/C24H29FN2O3/c1-4-7-22(28)27-14-15-30-24(17-27,23(29)26(2)3)16-19-8-5-6-9-21(19)18-10-12-20(25)13-11-18/h5-6,8-13H,4,7,14-17H2,1-3H3/t24-/m1/s1. The molecule has 0 saturated carbocycles. The summed E-state index contributed by atoms with van der Waals surface area (Å²) in [6.07, 6.45) is 1.55. The Morgan fingerprint density at radius 2 is 1.83 bits per heavy atom.